The van der Waals surface area contributed by atoms with Crippen molar-refractivity contribution in [2.24, 2.45) is 0 Å². The topological polar surface area (TPSA) is 57.6 Å². The molecule has 2 aromatic carbocycles. The molecule has 0 aliphatic heterocycles. The lowest BCUT2D eigenvalue weighted by atomic mass is 10.1. The van der Waals surface area contributed by atoms with Crippen molar-refractivity contribution in [3.05, 3.63) is 59.7 Å². The molecule has 4 nitrogen and oxygen atoms in total. The molecule has 0 radical (unpaired) electrons. The Kier molecular flexibility index (Phi) is 4.65. The highest BCUT2D eigenvalue weighted by atomic mass is 32.2. The predicted molar refractivity (Wildman–Crippen MR) is 84.2 cm³/mol. The van der Waals surface area contributed by atoms with Crippen molar-refractivity contribution in [2.75, 3.05) is 11.4 Å². The van der Waals surface area contributed by atoms with E-state index in [1.165, 1.54) is 17.7 Å². The first-order valence-corrected chi connectivity index (χ1v) is 8.22. The molecule has 0 aliphatic carbocycles. The van der Waals surface area contributed by atoms with Gasteiger partial charge in [0.2, 0.25) is 0 Å². The van der Waals surface area contributed by atoms with Gasteiger partial charge in [-0.15, -0.1) is 0 Å². The number of anilines is 1. The molecule has 21 heavy (non-hydrogen) atoms. The van der Waals surface area contributed by atoms with Crippen molar-refractivity contribution in [3.8, 4) is 0 Å². The minimum absolute atomic E-state index is 0.0692. The second-order valence-electron chi connectivity index (χ2n) is 4.98. The molecular weight excluding hydrogens is 286 g/mol. The smallest absolute Gasteiger partial charge is 0.294 e. The number of hydrogen-bond acceptors (Lipinski definition) is 3. The fourth-order valence-electron chi connectivity index (χ4n) is 2.24. The lowest BCUT2D eigenvalue weighted by Crippen LogP contribution is -2.22. The highest BCUT2D eigenvalue weighted by Gasteiger charge is 2.11. The van der Waals surface area contributed by atoms with Gasteiger partial charge in [-0.05, 0) is 49.2 Å². The largest absolute Gasteiger partial charge is 0.367 e. The normalized spacial score (nSPS) is 11.4. The van der Waals surface area contributed by atoms with E-state index in [0.717, 1.165) is 17.8 Å². The van der Waals surface area contributed by atoms with Gasteiger partial charge in [0, 0.05) is 18.8 Å². The van der Waals surface area contributed by atoms with Gasteiger partial charge >= 0.3 is 0 Å². The van der Waals surface area contributed by atoms with Crippen molar-refractivity contribution in [1.82, 2.24) is 0 Å². The molecule has 0 aromatic heterocycles. The molecule has 0 fully saturated rings. The summed E-state index contributed by atoms with van der Waals surface area (Å²) in [4.78, 5) is 2.08. The molecule has 1 N–H and O–H groups in total. The first-order chi connectivity index (χ1) is 9.90. The lowest BCUT2D eigenvalue weighted by molar-refractivity contribution is 0.483. The van der Waals surface area contributed by atoms with E-state index < -0.39 is 10.1 Å². The molecule has 0 unspecified atom stereocenters. The Bertz CT molecular complexity index is 726. The van der Waals surface area contributed by atoms with Crippen molar-refractivity contribution in [1.29, 1.82) is 0 Å². The van der Waals surface area contributed by atoms with Crippen LogP contribution in [0.5, 0.6) is 0 Å². The first kappa shape index (κ1) is 15.5. The van der Waals surface area contributed by atoms with Gasteiger partial charge in [0.15, 0.2) is 0 Å². The third-order valence-electron chi connectivity index (χ3n) is 3.32. The summed E-state index contributed by atoms with van der Waals surface area (Å²) >= 11 is 0. The second-order valence-corrected chi connectivity index (χ2v) is 6.40. The molecule has 0 saturated heterocycles. The van der Waals surface area contributed by atoms with E-state index in [-0.39, 0.29) is 4.90 Å². The highest BCUT2D eigenvalue weighted by molar-refractivity contribution is 7.85. The minimum Gasteiger partial charge on any atom is -0.367 e. The summed E-state index contributed by atoms with van der Waals surface area (Å²) in [6, 6.07) is 14.6. The van der Waals surface area contributed by atoms with Crippen LogP contribution in [0.4, 0.5) is 5.69 Å². The molecule has 0 aliphatic rings. The zero-order valence-electron chi connectivity index (χ0n) is 12.2. The summed E-state index contributed by atoms with van der Waals surface area (Å²) in [7, 11) is -4.16. The van der Waals surface area contributed by atoms with E-state index in [1.54, 1.807) is 6.07 Å². The number of benzene rings is 2. The van der Waals surface area contributed by atoms with Crippen molar-refractivity contribution in [3.63, 3.8) is 0 Å². The van der Waals surface area contributed by atoms with Gasteiger partial charge in [-0.25, -0.2) is 0 Å². The first-order valence-electron chi connectivity index (χ1n) is 6.78. The van der Waals surface area contributed by atoms with Gasteiger partial charge in [0.25, 0.3) is 10.1 Å². The maximum Gasteiger partial charge on any atom is 0.294 e. The average Bonchev–Trinajstić information content (AvgIpc) is 2.44. The summed E-state index contributed by atoms with van der Waals surface area (Å²) in [6.45, 7) is 5.48. The lowest BCUT2D eigenvalue weighted by Gasteiger charge is -2.23. The van der Waals surface area contributed by atoms with Gasteiger partial charge in [0.1, 0.15) is 0 Å². The van der Waals surface area contributed by atoms with Gasteiger partial charge < -0.3 is 4.90 Å². The van der Waals surface area contributed by atoms with E-state index in [0.29, 0.717) is 6.54 Å². The zero-order valence-corrected chi connectivity index (χ0v) is 13.0. The molecular formula is C16H19NO3S. The fourth-order valence-corrected chi connectivity index (χ4v) is 2.79. The van der Waals surface area contributed by atoms with Crippen LogP contribution in [0.3, 0.4) is 0 Å². The minimum atomic E-state index is -4.16. The number of hydrogen-bond donors (Lipinski definition) is 1. The Morgan fingerprint density at radius 2 is 1.81 bits per heavy atom. The summed E-state index contributed by atoms with van der Waals surface area (Å²) in [5.41, 5.74) is 3.11. The Labute approximate surface area is 125 Å². The highest BCUT2D eigenvalue weighted by Crippen LogP contribution is 2.19. The van der Waals surface area contributed by atoms with Crippen LogP contribution >= 0.6 is 0 Å². The summed E-state index contributed by atoms with van der Waals surface area (Å²) in [5.74, 6) is 0. The Morgan fingerprint density at radius 1 is 1.10 bits per heavy atom. The third kappa shape index (κ3) is 4.06. The molecule has 0 spiro atoms. The Hall–Kier alpha value is -1.85. The van der Waals surface area contributed by atoms with Crippen LogP contribution in [0.15, 0.2) is 53.4 Å². The number of rotatable bonds is 5. The van der Waals surface area contributed by atoms with Crippen LogP contribution in [0.2, 0.25) is 0 Å². The van der Waals surface area contributed by atoms with Crippen molar-refractivity contribution in [2.45, 2.75) is 25.3 Å². The molecule has 5 heteroatoms. The van der Waals surface area contributed by atoms with Crippen LogP contribution < -0.4 is 4.90 Å². The maximum atomic E-state index is 11.2. The third-order valence-corrected chi connectivity index (χ3v) is 4.17. The van der Waals surface area contributed by atoms with Gasteiger partial charge in [-0.3, -0.25) is 4.55 Å². The maximum absolute atomic E-state index is 11.2. The quantitative estimate of drug-likeness (QED) is 0.861. The summed E-state index contributed by atoms with van der Waals surface area (Å²) < 4.78 is 31.5. The SMILES string of the molecule is CCN(Cc1cccc(S(=O)(=O)O)c1)c1cccc(C)c1. The molecule has 2 rings (SSSR count). The molecule has 0 heterocycles. The summed E-state index contributed by atoms with van der Waals surface area (Å²) in [5, 5.41) is 0. The van der Waals surface area contributed by atoms with Crippen LogP contribution in [-0.4, -0.2) is 19.5 Å². The molecule has 112 valence electrons. The van der Waals surface area contributed by atoms with E-state index in [1.807, 2.05) is 31.2 Å². The van der Waals surface area contributed by atoms with E-state index in [9.17, 15) is 8.42 Å². The van der Waals surface area contributed by atoms with E-state index in [2.05, 4.69) is 17.9 Å². The molecule has 0 bridgehead atoms. The van der Waals surface area contributed by atoms with Crippen LogP contribution in [-0.2, 0) is 16.7 Å². The van der Waals surface area contributed by atoms with E-state index >= 15 is 0 Å². The second kappa shape index (κ2) is 6.28. The van der Waals surface area contributed by atoms with Gasteiger partial charge in [-0.1, -0.05) is 24.3 Å². The zero-order chi connectivity index (χ0) is 15.5. The molecule has 0 saturated carbocycles. The van der Waals surface area contributed by atoms with Crippen LogP contribution in [0, 0.1) is 6.92 Å². The Balaban J connectivity index is 2.27. The van der Waals surface area contributed by atoms with Crippen LogP contribution in [0.1, 0.15) is 18.1 Å². The number of aryl methyl sites for hydroxylation is 1. The van der Waals surface area contributed by atoms with E-state index in [4.69, 9.17) is 4.55 Å². The average molecular weight is 305 g/mol. The molecule has 0 atom stereocenters. The molecule has 2 aromatic rings. The van der Waals surface area contributed by atoms with Gasteiger partial charge in [-0.2, -0.15) is 8.42 Å². The van der Waals surface area contributed by atoms with Gasteiger partial charge in [0.05, 0.1) is 4.90 Å². The number of nitrogens with zero attached hydrogens (tertiary/aromatic N) is 1. The Morgan fingerprint density at radius 3 is 2.43 bits per heavy atom. The van der Waals surface area contributed by atoms with Crippen LogP contribution in [0.25, 0.3) is 0 Å². The van der Waals surface area contributed by atoms with Crippen molar-refractivity contribution < 1.29 is 13.0 Å². The summed E-state index contributed by atoms with van der Waals surface area (Å²) in [6.07, 6.45) is 0. The molecule has 0 amide bonds. The predicted octanol–water partition coefficient (Wildman–Crippen LogP) is 3.27. The van der Waals surface area contributed by atoms with Crippen molar-refractivity contribution >= 4 is 15.8 Å². The monoisotopic (exact) mass is 305 g/mol. The standard InChI is InChI=1S/C16H19NO3S/c1-3-17(15-8-4-6-13(2)10-15)12-14-7-5-9-16(11-14)21(18,19)20/h4-11H,3,12H2,1-2H3,(H,18,19,20). The fraction of sp³-hybridized carbons (Fsp3) is 0.250.